The van der Waals surface area contributed by atoms with Crippen LogP contribution in [0.2, 0.25) is 0 Å². The summed E-state index contributed by atoms with van der Waals surface area (Å²) >= 11 is 0. The number of alkyl halides is 3. The molecule has 1 aliphatic heterocycles. The smallest absolute Gasteiger partial charge is 0.379 e. The van der Waals surface area contributed by atoms with Gasteiger partial charge in [0.05, 0.1) is 12.2 Å². The number of hydrogen-bond acceptors (Lipinski definition) is 3. The molecule has 19 heavy (non-hydrogen) atoms. The Morgan fingerprint density at radius 3 is 2.74 bits per heavy atom. The Balaban J connectivity index is 2.13. The summed E-state index contributed by atoms with van der Waals surface area (Å²) < 4.78 is 42.6. The molecule has 3 N–H and O–H groups in total. The van der Waals surface area contributed by atoms with Crippen molar-refractivity contribution in [1.29, 1.82) is 0 Å². The van der Waals surface area contributed by atoms with Crippen molar-refractivity contribution in [3.05, 3.63) is 29.8 Å². The van der Waals surface area contributed by atoms with E-state index in [4.69, 9.17) is 10.5 Å². The standard InChI is InChI=1S/C12H13F3N2O2/c13-12(14,15)8-2-1-3-9(6-8)17-10(18)11(16)4-5-19-7-11/h1-3,6H,4-5,7,16H2,(H,17,18). The Bertz CT molecular complexity index is 482. The highest BCUT2D eigenvalue weighted by molar-refractivity contribution is 5.98. The molecule has 1 aliphatic rings. The number of rotatable bonds is 2. The fraction of sp³-hybridized carbons (Fsp3) is 0.417. The Morgan fingerprint density at radius 2 is 2.16 bits per heavy atom. The summed E-state index contributed by atoms with van der Waals surface area (Å²) in [4.78, 5) is 11.9. The Hall–Kier alpha value is -1.60. The molecule has 1 aromatic rings. The minimum atomic E-state index is -4.45. The van der Waals surface area contributed by atoms with Crippen LogP contribution >= 0.6 is 0 Å². The molecule has 1 unspecified atom stereocenters. The van der Waals surface area contributed by atoms with Crippen molar-refractivity contribution in [2.75, 3.05) is 18.5 Å². The first-order valence-corrected chi connectivity index (χ1v) is 5.67. The summed E-state index contributed by atoms with van der Waals surface area (Å²) in [5.74, 6) is -0.538. The van der Waals surface area contributed by atoms with Crippen LogP contribution in [-0.4, -0.2) is 24.7 Å². The summed E-state index contributed by atoms with van der Waals surface area (Å²) in [7, 11) is 0. The zero-order chi connectivity index (χ0) is 14.1. The number of ether oxygens (including phenoxy) is 1. The molecule has 1 heterocycles. The van der Waals surface area contributed by atoms with Crippen molar-refractivity contribution < 1.29 is 22.7 Å². The van der Waals surface area contributed by atoms with Crippen molar-refractivity contribution >= 4 is 11.6 Å². The molecule has 7 heteroatoms. The second kappa shape index (κ2) is 4.82. The minimum Gasteiger partial charge on any atom is -0.379 e. The van der Waals surface area contributed by atoms with E-state index in [1.807, 2.05) is 0 Å². The van der Waals surface area contributed by atoms with E-state index < -0.39 is 23.2 Å². The number of nitrogens with two attached hydrogens (primary N) is 1. The molecule has 104 valence electrons. The molecule has 1 aromatic carbocycles. The zero-order valence-electron chi connectivity index (χ0n) is 9.96. The van der Waals surface area contributed by atoms with Crippen molar-refractivity contribution in [2.45, 2.75) is 18.1 Å². The quantitative estimate of drug-likeness (QED) is 0.863. The molecule has 0 radical (unpaired) electrons. The van der Waals surface area contributed by atoms with Gasteiger partial charge in [-0.3, -0.25) is 4.79 Å². The Labute approximate surface area is 107 Å². The van der Waals surface area contributed by atoms with Crippen LogP contribution in [0.25, 0.3) is 0 Å². The molecular formula is C12H13F3N2O2. The highest BCUT2D eigenvalue weighted by atomic mass is 19.4. The lowest BCUT2D eigenvalue weighted by molar-refractivity contribution is -0.137. The van der Waals surface area contributed by atoms with Crippen molar-refractivity contribution in [3.8, 4) is 0 Å². The first kappa shape index (κ1) is 13.8. The van der Waals surface area contributed by atoms with Crippen LogP contribution in [0.1, 0.15) is 12.0 Å². The number of amides is 1. The van der Waals surface area contributed by atoms with Crippen LogP contribution in [0, 0.1) is 0 Å². The molecule has 0 aliphatic carbocycles. The van der Waals surface area contributed by atoms with Gasteiger partial charge in [0, 0.05) is 12.3 Å². The topological polar surface area (TPSA) is 64.4 Å². The molecule has 1 atom stereocenters. The largest absolute Gasteiger partial charge is 0.416 e. The normalized spacial score (nSPS) is 23.4. The molecule has 1 fully saturated rings. The van der Waals surface area contributed by atoms with Gasteiger partial charge in [-0.2, -0.15) is 13.2 Å². The van der Waals surface area contributed by atoms with Crippen LogP contribution in [0.4, 0.5) is 18.9 Å². The van der Waals surface area contributed by atoms with Crippen LogP contribution in [0.15, 0.2) is 24.3 Å². The van der Waals surface area contributed by atoms with Gasteiger partial charge < -0.3 is 15.8 Å². The van der Waals surface area contributed by atoms with Crippen molar-refractivity contribution in [3.63, 3.8) is 0 Å². The molecule has 0 aromatic heterocycles. The summed E-state index contributed by atoms with van der Waals surface area (Å²) in [6, 6.07) is 4.42. The van der Waals surface area contributed by atoms with E-state index in [-0.39, 0.29) is 12.3 Å². The molecule has 2 rings (SSSR count). The van der Waals surface area contributed by atoms with E-state index in [0.29, 0.717) is 13.0 Å². The van der Waals surface area contributed by atoms with E-state index in [1.165, 1.54) is 12.1 Å². The summed E-state index contributed by atoms with van der Waals surface area (Å²) in [5.41, 5.74) is 3.89. The molecule has 0 bridgehead atoms. The van der Waals surface area contributed by atoms with E-state index in [0.717, 1.165) is 12.1 Å². The van der Waals surface area contributed by atoms with E-state index in [2.05, 4.69) is 5.32 Å². The highest BCUT2D eigenvalue weighted by Gasteiger charge is 2.38. The zero-order valence-corrected chi connectivity index (χ0v) is 9.96. The van der Waals surface area contributed by atoms with Crippen LogP contribution in [0.5, 0.6) is 0 Å². The number of halogens is 3. The van der Waals surface area contributed by atoms with Gasteiger partial charge in [-0.1, -0.05) is 6.07 Å². The van der Waals surface area contributed by atoms with Gasteiger partial charge in [0.1, 0.15) is 5.54 Å². The molecular weight excluding hydrogens is 261 g/mol. The fourth-order valence-corrected chi connectivity index (χ4v) is 1.79. The molecule has 4 nitrogen and oxygen atoms in total. The first-order valence-electron chi connectivity index (χ1n) is 5.67. The fourth-order valence-electron chi connectivity index (χ4n) is 1.79. The third-order valence-corrected chi connectivity index (χ3v) is 2.95. The van der Waals surface area contributed by atoms with Gasteiger partial charge in [0.2, 0.25) is 5.91 Å². The summed E-state index contributed by atoms with van der Waals surface area (Å²) in [6.07, 6.45) is -4.10. The molecule has 1 amide bonds. The molecule has 1 saturated heterocycles. The van der Waals surface area contributed by atoms with Crippen LogP contribution in [0.3, 0.4) is 0 Å². The SMILES string of the molecule is NC1(C(=O)Nc2cccc(C(F)(F)F)c2)CCOC1. The third-order valence-electron chi connectivity index (χ3n) is 2.95. The predicted molar refractivity (Wildman–Crippen MR) is 62.4 cm³/mol. The average molecular weight is 274 g/mol. The third kappa shape index (κ3) is 3.05. The summed E-state index contributed by atoms with van der Waals surface area (Å²) in [6.45, 7) is 0.435. The first-order chi connectivity index (χ1) is 8.81. The van der Waals surface area contributed by atoms with Crippen molar-refractivity contribution in [2.24, 2.45) is 5.73 Å². The van der Waals surface area contributed by atoms with Gasteiger partial charge >= 0.3 is 6.18 Å². The van der Waals surface area contributed by atoms with Gasteiger partial charge in [0.25, 0.3) is 0 Å². The number of benzene rings is 1. The maximum absolute atomic E-state index is 12.5. The number of carbonyl (C=O) groups is 1. The maximum Gasteiger partial charge on any atom is 0.416 e. The Morgan fingerprint density at radius 1 is 1.42 bits per heavy atom. The second-order valence-corrected chi connectivity index (χ2v) is 4.49. The van der Waals surface area contributed by atoms with E-state index in [1.54, 1.807) is 0 Å². The molecule has 0 spiro atoms. The second-order valence-electron chi connectivity index (χ2n) is 4.49. The number of nitrogens with one attached hydrogen (secondary N) is 1. The summed E-state index contributed by atoms with van der Waals surface area (Å²) in [5, 5.41) is 2.39. The van der Waals surface area contributed by atoms with Gasteiger partial charge in [-0.15, -0.1) is 0 Å². The molecule has 0 saturated carbocycles. The average Bonchev–Trinajstić information content (AvgIpc) is 2.77. The van der Waals surface area contributed by atoms with E-state index >= 15 is 0 Å². The lowest BCUT2D eigenvalue weighted by Crippen LogP contribution is -2.51. The van der Waals surface area contributed by atoms with Gasteiger partial charge in [-0.25, -0.2) is 0 Å². The maximum atomic E-state index is 12.5. The van der Waals surface area contributed by atoms with Crippen molar-refractivity contribution in [1.82, 2.24) is 0 Å². The monoisotopic (exact) mass is 274 g/mol. The lowest BCUT2D eigenvalue weighted by Gasteiger charge is -2.20. The van der Waals surface area contributed by atoms with Gasteiger partial charge in [0.15, 0.2) is 0 Å². The van der Waals surface area contributed by atoms with Crippen LogP contribution < -0.4 is 11.1 Å². The van der Waals surface area contributed by atoms with Crippen LogP contribution in [-0.2, 0) is 15.7 Å². The predicted octanol–water partition coefficient (Wildman–Crippen LogP) is 1.76. The highest BCUT2D eigenvalue weighted by Crippen LogP contribution is 2.31. The van der Waals surface area contributed by atoms with E-state index in [9.17, 15) is 18.0 Å². The number of hydrogen-bond donors (Lipinski definition) is 2. The van der Waals surface area contributed by atoms with Gasteiger partial charge in [-0.05, 0) is 24.6 Å². The number of carbonyl (C=O) groups excluding carboxylic acids is 1. The number of anilines is 1. The Kier molecular flexibility index (Phi) is 3.51. The minimum absolute atomic E-state index is 0.0663. The lowest BCUT2D eigenvalue weighted by atomic mass is 9.99.